The largest absolute Gasteiger partial charge is 0.459 e. The smallest absolute Gasteiger partial charge is 0.309 e. The SMILES string of the molecule is C[C@@H]1C[C@@H]1C(=O)OCC(=O)N(C)Cc1ccc(-c2ccc(Cl)cc2)o1. The van der Waals surface area contributed by atoms with Crippen LogP contribution in [0.1, 0.15) is 19.1 Å². The fourth-order valence-electron chi connectivity index (χ4n) is 2.55. The number of rotatable bonds is 6. The fourth-order valence-corrected chi connectivity index (χ4v) is 2.68. The van der Waals surface area contributed by atoms with Gasteiger partial charge in [0.1, 0.15) is 11.5 Å². The van der Waals surface area contributed by atoms with Crippen LogP contribution in [0.15, 0.2) is 40.8 Å². The molecule has 5 nitrogen and oxygen atoms in total. The lowest BCUT2D eigenvalue weighted by Crippen LogP contribution is -2.31. The minimum atomic E-state index is -0.280. The Morgan fingerprint density at radius 2 is 1.92 bits per heavy atom. The van der Waals surface area contributed by atoms with Gasteiger partial charge in [-0.2, -0.15) is 0 Å². The lowest BCUT2D eigenvalue weighted by Gasteiger charge is -2.15. The maximum absolute atomic E-state index is 12.1. The highest BCUT2D eigenvalue weighted by Crippen LogP contribution is 2.38. The molecule has 1 saturated carbocycles. The Bertz CT molecular complexity index is 768. The van der Waals surface area contributed by atoms with E-state index in [1.54, 1.807) is 19.2 Å². The molecule has 1 heterocycles. The van der Waals surface area contributed by atoms with Crippen LogP contribution in [-0.4, -0.2) is 30.4 Å². The summed E-state index contributed by atoms with van der Waals surface area (Å²) in [5.41, 5.74) is 0.914. The Labute approximate surface area is 151 Å². The van der Waals surface area contributed by atoms with E-state index in [0.717, 1.165) is 12.0 Å². The zero-order valence-corrected chi connectivity index (χ0v) is 15.0. The van der Waals surface area contributed by atoms with Crippen molar-refractivity contribution in [2.24, 2.45) is 11.8 Å². The molecule has 0 saturated heterocycles. The number of esters is 1. The van der Waals surface area contributed by atoms with E-state index >= 15 is 0 Å². The number of ether oxygens (including phenoxy) is 1. The fraction of sp³-hybridized carbons (Fsp3) is 0.368. The van der Waals surface area contributed by atoms with Crippen LogP contribution < -0.4 is 0 Å². The van der Waals surface area contributed by atoms with Gasteiger partial charge in [0.25, 0.3) is 5.91 Å². The van der Waals surface area contributed by atoms with Crippen LogP contribution in [-0.2, 0) is 20.9 Å². The average Bonchev–Trinajstić information content (AvgIpc) is 3.15. The van der Waals surface area contributed by atoms with Crippen molar-refractivity contribution >= 4 is 23.5 Å². The summed E-state index contributed by atoms with van der Waals surface area (Å²) in [5, 5.41) is 0.663. The van der Waals surface area contributed by atoms with Crippen molar-refractivity contribution in [3.05, 3.63) is 47.2 Å². The van der Waals surface area contributed by atoms with Crippen LogP contribution in [0.3, 0.4) is 0 Å². The van der Waals surface area contributed by atoms with Gasteiger partial charge >= 0.3 is 5.97 Å². The minimum Gasteiger partial charge on any atom is -0.459 e. The number of likely N-dealkylation sites (N-methyl/N-ethyl adjacent to an activating group) is 1. The molecule has 1 aromatic carbocycles. The van der Waals surface area contributed by atoms with Gasteiger partial charge in [0.05, 0.1) is 12.5 Å². The third kappa shape index (κ3) is 4.42. The highest BCUT2D eigenvalue weighted by Gasteiger charge is 2.40. The Morgan fingerprint density at radius 1 is 1.24 bits per heavy atom. The molecule has 0 aliphatic heterocycles. The molecule has 2 atom stereocenters. The first-order chi connectivity index (χ1) is 11.9. The summed E-state index contributed by atoms with van der Waals surface area (Å²) in [6.07, 6.45) is 0.850. The molecule has 132 valence electrons. The van der Waals surface area contributed by atoms with E-state index in [2.05, 4.69) is 0 Å². The van der Waals surface area contributed by atoms with Crippen molar-refractivity contribution in [1.29, 1.82) is 0 Å². The number of carbonyl (C=O) groups is 2. The van der Waals surface area contributed by atoms with Crippen molar-refractivity contribution in [2.45, 2.75) is 19.9 Å². The van der Waals surface area contributed by atoms with E-state index in [1.165, 1.54) is 4.90 Å². The Morgan fingerprint density at radius 3 is 2.56 bits per heavy atom. The van der Waals surface area contributed by atoms with Crippen molar-refractivity contribution in [1.82, 2.24) is 4.90 Å². The first-order valence-corrected chi connectivity index (χ1v) is 8.57. The van der Waals surface area contributed by atoms with Gasteiger partial charge in [0.2, 0.25) is 0 Å². The van der Waals surface area contributed by atoms with Gasteiger partial charge in [0, 0.05) is 17.6 Å². The summed E-state index contributed by atoms with van der Waals surface area (Å²) in [6.45, 7) is 2.07. The van der Waals surface area contributed by atoms with Crippen LogP contribution in [0.25, 0.3) is 11.3 Å². The molecular weight excluding hydrogens is 342 g/mol. The van der Waals surface area contributed by atoms with Crippen molar-refractivity contribution in [2.75, 3.05) is 13.7 Å². The third-order valence-corrected chi connectivity index (χ3v) is 4.61. The van der Waals surface area contributed by atoms with Crippen LogP contribution >= 0.6 is 11.6 Å². The highest BCUT2D eigenvalue weighted by molar-refractivity contribution is 6.30. The molecule has 3 rings (SSSR count). The van der Waals surface area contributed by atoms with E-state index in [9.17, 15) is 9.59 Å². The van der Waals surface area contributed by atoms with Gasteiger partial charge in [-0.25, -0.2) is 0 Å². The Balaban J connectivity index is 1.52. The number of halogens is 1. The number of amides is 1. The van der Waals surface area contributed by atoms with Gasteiger partial charge in [0.15, 0.2) is 6.61 Å². The van der Waals surface area contributed by atoms with E-state index in [-0.39, 0.29) is 24.4 Å². The quantitative estimate of drug-likeness (QED) is 0.735. The molecule has 0 spiro atoms. The molecule has 0 N–H and O–H groups in total. The number of furan rings is 1. The zero-order valence-electron chi connectivity index (χ0n) is 14.2. The molecule has 1 aromatic heterocycles. The van der Waals surface area contributed by atoms with Gasteiger partial charge in [-0.1, -0.05) is 18.5 Å². The van der Waals surface area contributed by atoms with Crippen molar-refractivity contribution in [3.63, 3.8) is 0 Å². The van der Waals surface area contributed by atoms with Crippen molar-refractivity contribution in [3.8, 4) is 11.3 Å². The predicted molar refractivity (Wildman–Crippen MR) is 93.9 cm³/mol. The maximum atomic E-state index is 12.1. The lowest BCUT2D eigenvalue weighted by molar-refractivity contribution is -0.153. The second kappa shape index (κ2) is 7.31. The summed E-state index contributed by atoms with van der Waals surface area (Å²) in [7, 11) is 1.65. The average molecular weight is 362 g/mol. The molecule has 2 aromatic rings. The summed E-state index contributed by atoms with van der Waals surface area (Å²) in [6, 6.07) is 11.0. The topological polar surface area (TPSA) is 59.8 Å². The van der Waals surface area contributed by atoms with Crippen LogP contribution in [0.5, 0.6) is 0 Å². The standard InChI is InChI=1S/C19H20ClNO4/c1-12-9-16(12)19(23)24-11-18(22)21(2)10-15-7-8-17(25-15)13-3-5-14(20)6-4-13/h3-8,12,16H,9-11H2,1-2H3/t12-,16+/m1/s1. The summed E-state index contributed by atoms with van der Waals surface area (Å²) >= 11 is 5.88. The zero-order chi connectivity index (χ0) is 18.0. The summed E-state index contributed by atoms with van der Waals surface area (Å²) < 4.78 is 10.8. The number of carbonyl (C=O) groups excluding carboxylic acids is 2. The molecule has 1 aliphatic rings. The highest BCUT2D eigenvalue weighted by atomic mass is 35.5. The van der Waals surface area contributed by atoms with Crippen LogP contribution in [0.2, 0.25) is 5.02 Å². The third-order valence-electron chi connectivity index (χ3n) is 4.36. The summed E-state index contributed by atoms with van der Waals surface area (Å²) in [5.74, 6) is 1.16. The molecule has 6 heteroatoms. The number of hydrogen-bond donors (Lipinski definition) is 0. The monoisotopic (exact) mass is 361 g/mol. The van der Waals surface area contributed by atoms with Gasteiger partial charge in [-0.05, 0) is 48.7 Å². The molecule has 1 amide bonds. The Kier molecular flexibility index (Phi) is 5.13. The van der Waals surface area contributed by atoms with E-state index in [1.807, 2.05) is 31.2 Å². The van der Waals surface area contributed by atoms with E-state index in [4.69, 9.17) is 20.8 Å². The van der Waals surface area contributed by atoms with E-state index in [0.29, 0.717) is 29.0 Å². The molecule has 1 aliphatic carbocycles. The second-order valence-corrected chi connectivity index (χ2v) is 6.89. The first kappa shape index (κ1) is 17.5. The number of nitrogens with zero attached hydrogens (tertiary/aromatic N) is 1. The second-order valence-electron chi connectivity index (χ2n) is 6.45. The molecule has 0 bridgehead atoms. The molecule has 1 fully saturated rings. The normalized spacial score (nSPS) is 18.7. The summed E-state index contributed by atoms with van der Waals surface area (Å²) in [4.78, 5) is 25.2. The molecule has 0 unspecified atom stereocenters. The Hall–Kier alpha value is -2.27. The first-order valence-electron chi connectivity index (χ1n) is 8.19. The minimum absolute atomic E-state index is 0.0369. The van der Waals surface area contributed by atoms with Crippen molar-refractivity contribution < 1.29 is 18.7 Å². The van der Waals surface area contributed by atoms with E-state index < -0.39 is 0 Å². The lowest BCUT2D eigenvalue weighted by atomic mass is 10.2. The number of benzene rings is 1. The molecular formula is C19H20ClNO4. The van der Waals surface area contributed by atoms with Gasteiger partial charge < -0.3 is 14.1 Å². The van der Waals surface area contributed by atoms with Gasteiger partial charge in [-0.15, -0.1) is 0 Å². The number of hydrogen-bond acceptors (Lipinski definition) is 4. The van der Waals surface area contributed by atoms with Crippen LogP contribution in [0, 0.1) is 11.8 Å². The molecule has 25 heavy (non-hydrogen) atoms. The molecule has 0 radical (unpaired) electrons. The van der Waals surface area contributed by atoms with Gasteiger partial charge in [-0.3, -0.25) is 9.59 Å². The maximum Gasteiger partial charge on any atom is 0.309 e. The van der Waals surface area contributed by atoms with Crippen LogP contribution in [0.4, 0.5) is 0 Å². The predicted octanol–water partition coefficient (Wildman–Crippen LogP) is 3.76.